The van der Waals surface area contributed by atoms with Crippen molar-refractivity contribution >= 4 is 62.6 Å². The predicted octanol–water partition coefficient (Wildman–Crippen LogP) is 3.43. The average Bonchev–Trinajstić information content (AvgIpc) is 2.87. The molecule has 0 atom stereocenters. The van der Waals surface area contributed by atoms with Crippen LogP contribution in [0.25, 0.3) is 11.0 Å². The minimum Gasteiger partial charge on any atom is -0.506 e. The van der Waals surface area contributed by atoms with Gasteiger partial charge in [0.15, 0.2) is 5.84 Å². The van der Waals surface area contributed by atoms with Crippen LogP contribution in [0.2, 0.25) is 25.7 Å². The summed E-state index contributed by atoms with van der Waals surface area (Å²) in [5, 5.41) is 14.1. The fourth-order valence-electron chi connectivity index (χ4n) is 4.17. The van der Waals surface area contributed by atoms with Crippen LogP contribution >= 0.6 is 0 Å². The van der Waals surface area contributed by atoms with Gasteiger partial charge >= 0.3 is 16.3 Å². The molecule has 0 saturated carbocycles. The molecule has 3 aromatic rings. The summed E-state index contributed by atoms with van der Waals surface area (Å²) in [5.74, 6) is -0.621. The first-order valence-electron chi connectivity index (χ1n) is 13.4. The summed E-state index contributed by atoms with van der Waals surface area (Å²) in [5.41, 5.74) is -0.965. The van der Waals surface area contributed by atoms with Crippen molar-refractivity contribution in [1.82, 2.24) is 14.3 Å². The maximum absolute atomic E-state index is 13.6. The Kier molecular flexibility index (Phi) is 8.89. The van der Waals surface area contributed by atoms with E-state index in [1.54, 1.807) is 16.9 Å². The number of nitrogens with one attached hydrogen (secondary N) is 3. The minimum absolute atomic E-state index is 0.00882. The van der Waals surface area contributed by atoms with Crippen molar-refractivity contribution in [2.24, 2.45) is 10.3 Å². The highest BCUT2D eigenvalue weighted by molar-refractivity contribution is 7.91. The average molecular weight is 651 g/mol. The third kappa shape index (κ3) is 7.52. The number of benzene rings is 1. The number of carbonyl (C=O) groups excluding carboxylic acids is 1. The monoisotopic (exact) mass is 650 g/mol. The van der Waals surface area contributed by atoms with Gasteiger partial charge in [-0.3, -0.25) is 14.1 Å². The Labute approximate surface area is 250 Å². The number of hydrogen-bond donors (Lipinski definition) is 4. The molecule has 0 bridgehead atoms. The molecule has 0 spiro atoms. The van der Waals surface area contributed by atoms with Gasteiger partial charge in [-0.05, 0) is 48.7 Å². The van der Waals surface area contributed by atoms with Gasteiger partial charge in [-0.2, -0.15) is 16.8 Å². The molecule has 0 aliphatic carbocycles. The molecule has 1 aliphatic rings. The third-order valence-corrected chi connectivity index (χ3v) is 10.4. The normalized spacial score (nSPS) is 14.5. The molecular weight excluding hydrogens is 617 g/mol. The quantitative estimate of drug-likeness (QED) is 0.236. The van der Waals surface area contributed by atoms with Crippen molar-refractivity contribution in [2.45, 2.75) is 57.4 Å². The molecule has 43 heavy (non-hydrogen) atoms. The number of pyridine rings is 2. The van der Waals surface area contributed by atoms with Gasteiger partial charge in [0.2, 0.25) is 0 Å². The molecule has 0 radical (unpaired) electrons. The van der Waals surface area contributed by atoms with Gasteiger partial charge < -0.3 is 15.2 Å². The molecule has 0 fully saturated rings. The van der Waals surface area contributed by atoms with Crippen LogP contribution in [-0.2, 0) is 31.5 Å². The second-order valence-electron chi connectivity index (χ2n) is 11.6. The number of carbonyl (C=O) groups is 1. The highest BCUT2D eigenvalue weighted by Crippen LogP contribution is 2.33. The van der Waals surface area contributed by atoms with E-state index in [2.05, 4.69) is 39.1 Å². The summed E-state index contributed by atoms with van der Waals surface area (Å²) in [7, 11) is -10.5. The predicted molar refractivity (Wildman–Crippen MR) is 166 cm³/mol. The summed E-state index contributed by atoms with van der Waals surface area (Å²) in [4.78, 5) is 29.4. The van der Waals surface area contributed by atoms with Gasteiger partial charge in [-0.1, -0.05) is 33.5 Å². The number of aromatic hydroxyl groups is 1. The largest absolute Gasteiger partial charge is 0.506 e. The van der Waals surface area contributed by atoms with E-state index < -0.39 is 56.4 Å². The van der Waals surface area contributed by atoms with E-state index >= 15 is 0 Å². The van der Waals surface area contributed by atoms with Crippen LogP contribution in [0.4, 0.5) is 16.2 Å². The van der Waals surface area contributed by atoms with Crippen molar-refractivity contribution in [3.8, 4) is 5.75 Å². The number of hydrogen-bond acceptors (Lipinski definition) is 10. The van der Waals surface area contributed by atoms with Crippen LogP contribution < -0.4 is 20.3 Å². The molecule has 17 heteroatoms. The number of amidine groups is 1. The van der Waals surface area contributed by atoms with Crippen molar-refractivity contribution in [3.05, 3.63) is 52.4 Å². The van der Waals surface area contributed by atoms with Crippen LogP contribution in [0.5, 0.6) is 5.75 Å². The molecule has 4 N–H and O–H groups in total. The molecule has 1 aliphatic heterocycles. The highest BCUT2D eigenvalue weighted by Gasteiger charge is 2.31. The van der Waals surface area contributed by atoms with E-state index in [-0.39, 0.29) is 47.0 Å². The Hall–Kier alpha value is -3.96. The maximum Gasteiger partial charge on any atom is 0.422 e. The summed E-state index contributed by atoms with van der Waals surface area (Å²) in [6.07, 6.45) is 0.945. The lowest BCUT2D eigenvalue weighted by Gasteiger charge is -2.21. The Bertz CT molecular complexity index is 1880. The van der Waals surface area contributed by atoms with E-state index in [0.717, 1.165) is 6.07 Å². The van der Waals surface area contributed by atoms with Crippen LogP contribution in [0.3, 0.4) is 0 Å². The topological polar surface area (TPSA) is 198 Å². The zero-order valence-corrected chi connectivity index (χ0v) is 27.0. The van der Waals surface area contributed by atoms with Crippen molar-refractivity contribution in [2.75, 3.05) is 16.6 Å². The summed E-state index contributed by atoms with van der Waals surface area (Å²) in [6.45, 7) is 10.5. The summed E-state index contributed by atoms with van der Waals surface area (Å²) in [6, 6.07) is 7.32. The fraction of sp³-hybridized carbons (Fsp3) is 0.385. The van der Waals surface area contributed by atoms with E-state index in [1.165, 1.54) is 22.9 Å². The van der Waals surface area contributed by atoms with E-state index in [0.29, 0.717) is 12.5 Å². The molecule has 4 rings (SSSR count). The molecule has 2 aromatic heterocycles. The lowest BCUT2D eigenvalue weighted by molar-refractivity contribution is 0.158. The molecular formula is C26H34N6O8S2Si. The Morgan fingerprint density at radius 3 is 2.60 bits per heavy atom. The van der Waals surface area contributed by atoms with Crippen LogP contribution in [0, 0.1) is 5.92 Å². The number of nitrogens with zero attached hydrogens (tertiary/aromatic N) is 3. The number of amides is 1. The Morgan fingerprint density at radius 2 is 1.93 bits per heavy atom. The van der Waals surface area contributed by atoms with Gasteiger partial charge in [-0.25, -0.2) is 14.5 Å². The first kappa shape index (κ1) is 32.0. The van der Waals surface area contributed by atoms with Gasteiger partial charge in [-0.15, -0.1) is 4.40 Å². The van der Waals surface area contributed by atoms with E-state index in [4.69, 9.17) is 4.74 Å². The minimum atomic E-state index is -4.48. The molecule has 0 unspecified atom stereocenters. The van der Waals surface area contributed by atoms with Crippen LogP contribution in [-0.4, -0.2) is 58.1 Å². The number of sulfonamides is 1. The second kappa shape index (κ2) is 12.0. The number of fused-ring (bicyclic) bond motifs is 2. The molecule has 3 heterocycles. The first-order valence-corrected chi connectivity index (χ1v) is 20.0. The van der Waals surface area contributed by atoms with E-state index in [1.807, 2.05) is 13.8 Å². The van der Waals surface area contributed by atoms with Crippen LogP contribution in [0.1, 0.15) is 25.8 Å². The van der Waals surface area contributed by atoms with Gasteiger partial charge in [0, 0.05) is 20.8 Å². The number of aryl methyl sites for hydroxylation is 1. The summed E-state index contributed by atoms with van der Waals surface area (Å²) >= 11 is 0. The maximum atomic E-state index is 13.6. The second-order valence-corrected chi connectivity index (χ2v) is 20.3. The van der Waals surface area contributed by atoms with Crippen molar-refractivity contribution in [3.63, 3.8) is 0 Å². The first-order chi connectivity index (χ1) is 20.0. The molecule has 1 aromatic carbocycles. The lowest BCUT2D eigenvalue weighted by Crippen LogP contribution is -2.36. The van der Waals surface area contributed by atoms with Gasteiger partial charge in [0.05, 0.1) is 23.4 Å². The molecule has 0 saturated heterocycles. The molecule has 14 nitrogen and oxygen atoms in total. The van der Waals surface area contributed by atoms with Gasteiger partial charge in [0.25, 0.3) is 15.6 Å². The number of aromatic nitrogens is 2. The van der Waals surface area contributed by atoms with Gasteiger partial charge in [0.1, 0.15) is 21.9 Å². The highest BCUT2D eigenvalue weighted by atomic mass is 32.2. The third-order valence-electron chi connectivity index (χ3n) is 6.44. The SMILES string of the molecule is CC(C)CCn1c(=O)c(C2=NS(=O)(=O)c3cc(NS(=O)(=O)NC(=O)OCC[Si](C)(C)C)ccc3N2)c(O)c2cccnc21. The smallest absolute Gasteiger partial charge is 0.422 e. The number of anilines is 2. The standard InChI is InChI=1S/C26H34N6O8S2Si/c1-16(2)10-12-32-24-18(7-6-11-27-24)22(33)21(25(32)34)23-28-19-9-8-17(15-20(19)41(36,37)30-23)29-42(38,39)31-26(35)40-13-14-43(3,4)5/h6-9,11,15-16,29,33H,10,12-14H2,1-5H3,(H,28,30)(H,31,35). The van der Waals surface area contributed by atoms with Crippen LogP contribution in [0.15, 0.2) is 50.6 Å². The number of ether oxygens (including phenoxy) is 1. The fourth-order valence-corrected chi connectivity index (χ4v) is 6.80. The van der Waals surface area contributed by atoms with Crippen molar-refractivity contribution in [1.29, 1.82) is 0 Å². The zero-order valence-electron chi connectivity index (χ0n) is 24.3. The summed E-state index contributed by atoms with van der Waals surface area (Å²) < 4.78 is 65.3. The zero-order chi connectivity index (χ0) is 31.7. The van der Waals surface area contributed by atoms with Crippen molar-refractivity contribution < 1.29 is 31.5 Å². The van der Waals surface area contributed by atoms with E-state index in [9.17, 15) is 31.5 Å². The number of rotatable bonds is 10. The Morgan fingerprint density at radius 1 is 1.21 bits per heavy atom. The Balaban J connectivity index is 1.63. The molecule has 1 amide bonds. The lowest BCUT2D eigenvalue weighted by atomic mass is 10.1. The molecule has 232 valence electrons.